The highest BCUT2D eigenvalue weighted by molar-refractivity contribution is 9.13. The molecule has 0 saturated heterocycles. The van der Waals surface area contributed by atoms with Gasteiger partial charge in [-0.2, -0.15) is 0 Å². The molecule has 0 spiro atoms. The van der Waals surface area contributed by atoms with E-state index in [1.54, 1.807) is 34.4 Å². The van der Waals surface area contributed by atoms with Gasteiger partial charge in [0.2, 0.25) is 0 Å². The lowest BCUT2D eigenvalue weighted by Crippen LogP contribution is -2.36. The summed E-state index contributed by atoms with van der Waals surface area (Å²) in [7, 11) is 0. The smallest absolute Gasteiger partial charge is 0.196 e. The normalized spacial score (nSPS) is 18.4. The summed E-state index contributed by atoms with van der Waals surface area (Å²) in [5.41, 5.74) is 6.40. The first kappa shape index (κ1) is 14.0. The highest BCUT2D eigenvalue weighted by atomic mass is 79.9. The molecular formula is C13H10Br2FN3S. The zero-order chi connectivity index (χ0) is 14.3. The van der Waals surface area contributed by atoms with Crippen LogP contribution in [0.3, 0.4) is 0 Å². The van der Waals surface area contributed by atoms with E-state index in [-0.39, 0.29) is 11.9 Å². The van der Waals surface area contributed by atoms with Crippen molar-refractivity contribution in [3.05, 3.63) is 49.3 Å². The Morgan fingerprint density at radius 2 is 2.10 bits per heavy atom. The number of benzene rings is 1. The molecule has 1 aromatic heterocycles. The molecule has 1 aliphatic heterocycles. The average molecular weight is 419 g/mol. The van der Waals surface area contributed by atoms with E-state index in [9.17, 15) is 4.39 Å². The van der Waals surface area contributed by atoms with E-state index in [1.165, 1.54) is 6.07 Å². The molecule has 2 heterocycles. The fraction of sp³-hybridized carbons (Fsp3) is 0.154. The maximum Gasteiger partial charge on any atom is 0.196 e. The predicted molar refractivity (Wildman–Crippen MR) is 87.8 cm³/mol. The van der Waals surface area contributed by atoms with Crippen molar-refractivity contribution in [2.75, 3.05) is 11.4 Å². The molecule has 20 heavy (non-hydrogen) atoms. The summed E-state index contributed by atoms with van der Waals surface area (Å²) in [6.07, 6.45) is 0. The van der Waals surface area contributed by atoms with Gasteiger partial charge in [0.1, 0.15) is 5.82 Å². The number of para-hydroxylation sites is 1. The molecule has 0 amide bonds. The molecular weight excluding hydrogens is 409 g/mol. The van der Waals surface area contributed by atoms with Crippen molar-refractivity contribution in [1.29, 1.82) is 0 Å². The number of nitrogens with two attached hydrogens (primary N) is 1. The van der Waals surface area contributed by atoms with Gasteiger partial charge in [-0.25, -0.2) is 4.39 Å². The molecule has 3 rings (SSSR count). The van der Waals surface area contributed by atoms with Gasteiger partial charge in [-0.3, -0.25) is 9.89 Å². The molecule has 1 atom stereocenters. The second kappa shape index (κ2) is 5.46. The number of thiophene rings is 1. The minimum atomic E-state index is -0.299. The third-order valence-electron chi connectivity index (χ3n) is 3.09. The van der Waals surface area contributed by atoms with Gasteiger partial charge in [-0.1, -0.05) is 12.1 Å². The highest BCUT2D eigenvalue weighted by Crippen LogP contribution is 2.40. The lowest BCUT2D eigenvalue weighted by Gasteiger charge is -2.25. The van der Waals surface area contributed by atoms with Gasteiger partial charge < -0.3 is 5.73 Å². The van der Waals surface area contributed by atoms with Crippen LogP contribution in [0.5, 0.6) is 0 Å². The van der Waals surface area contributed by atoms with Gasteiger partial charge in [0, 0.05) is 9.35 Å². The SMILES string of the molecule is NC1=NCC(c2cc(Br)c(Br)s2)N1c1ccccc1F. The number of anilines is 1. The van der Waals surface area contributed by atoms with Crippen LogP contribution in [0.25, 0.3) is 0 Å². The molecule has 0 radical (unpaired) electrons. The van der Waals surface area contributed by atoms with Crippen molar-refractivity contribution in [2.45, 2.75) is 6.04 Å². The summed E-state index contributed by atoms with van der Waals surface area (Å²) in [4.78, 5) is 7.09. The van der Waals surface area contributed by atoms with Crippen LogP contribution >= 0.6 is 43.2 Å². The third-order valence-corrected chi connectivity index (χ3v) is 6.45. The summed E-state index contributed by atoms with van der Waals surface area (Å²) in [6, 6.07) is 8.55. The number of rotatable bonds is 2. The zero-order valence-corrected chi connectivity index (χ0v) is 14.2. The van der Waals surface area contributed by atoms with Crippen LogP contribution in [0, 0.1) is 5.82 Å². The molecule has 2 aromatic rings. The summed E-state index contributed by atoms with van der Waals surface area (Å²) in [6.45, 7) is 0.527. The Morgan fingerprint density at radius 3 is 2.75 bits per heavy atom. The minimum Gasteiger partial charge on any atom is -0.369 e. The zero-order valence-electron chi connectivity index (χ0n) is 10.2. The molecule has 1 unspecified atom stereocenters. The predicted octanol–water partition coefficient (Wildman–Crippen LogP) is 4.29. The molecule has 0 fully saturated rings. The second-order valence-electron chi connectivity index (χ2n) is 4.31. The topological polar surface area (TPSA) is 41.6 Å². The molecule has 7 heteroatoms. The van der Waals surface area contributed by atoms with Crippen molar-refractivity contribution in [3.8, 4) is 0 Å². The highest BCUT2D eigenvalue weighted by Gasteiger charge is 2.32. The number of aliphatic imine (C=N–C) groups is 1. The van der Waals surface area contributed by atoms with Crippen molar-refractivity contribution in [1.82, 2.24) is 0 Å². The van der Waals surface area contributed by atoms with Crippen LogP contribution in [-0.2, 0) is 0 Å². The lowest BCUT2D eigenvalue weighted by molar-refractivity contribution is 0.620. The van der Waals surface area contributed by atoms with Gasteiger partial charge in [0.25, 0.3) is 0 Å². The Balaban J connectivity index is 2.03. The number of hydrogen-bond acceptors (Lipinski definition) is 4. The Morgan fingerprint density at radius 1 is 1.35 bits per heavy atom. The third kappa shape index (κ3) is 2.38. The van der Waals surface area contributed by atoms with E-state index in [0.717, 1.165) is 13.1 Å². The fourth-order valence-corrected chi connectivity index (χ4v) is 4.35. The van der Waals surface area contributed by atoms with Crippen LogP contribution in [0.2, 0.25) is 0 Å². The molecule has 0 bridgehead atoms. The Bertz CT molecular complexity index is 667. The van der Waals surface area contributed by atoms with Crippen LogP contribution in [0.15, 0.2) is 43.6 Å². The van der Waals surface area contributed by atoms with E-state index >= 15 is 0 Å². The van der Waals surface area contributed by atoms with Gasteiger partial charge in [-0.05, 0) is 50.1 Å². The Kier molecular flexibility index (Phi) is 3.83. The first-order valence-electron chi connectivity index (χ1n) is 5.86. The van der Waals surface area contributed by atoms with Crippen molar-refractivity contribution < 1.29 is 4.39 Å². The summed E-state index contributed by atoms with van der Waals surface area (Å²) in [5, 5.41) is 0. The van der Waals surface area contributed by atoms with Crippen LogP contribution < -0.4 is 10.6 Å². The van der Waals surface area contributed by atoms with Crippen molar-refractivity contribution in [3.63, 3.8) is 0 Å². The van der Waals surface area contributed by atoms with E-state index in [4.69, 9.17) is 5.73 Å². The lowest BCUT2D eigenvalue weighted by atomic mass is 10.2. The van der Waals surface area contributed by atoms with Crippen molar-refractivity contribution >= 4 is 54.8 Å². The van der Waals surface area contributed by atoms with Gasteiger partial charge >= 0.3 is 0 Å². The molecule has 0 aliphatic carbocycles. The molecule has 104 valence electrons. The van der Waals surface area contributed by atoms with Gasteiger partial charge in [0.05, 0.1) is 22.1 Å². The Hall–Kier alpha value is -0.920. The van der Waals surface area contributed by atoms with E-state index in [0.29, 0.717) is 18.2 Å². The fourth-order valence-electron chi connectivity index (χ4n) is 2.18. The summed E-state index contributed by atoms with van der Waals surface area (Å²) in [5.74, 6) is 0.0491. The number of hydrogen-bond donors (Lipinski definition) is 1. The number of nitrogens with zero attached hydrogens (tertiary/aromatic N) is 2. The first-order chi connectivity index (χ1) is 9.58. The molecule has 2 N–H and O–H groups in total. The second-order valence-corrected chi connectivity index (χ2v) is 7.56. The number of halogens is 3. The van der Waals surface area contributed by atoms with Gasteiger partial charge in [0.15, 0.2) is 5.96 Å². The maximum absolute atomic E-state index is 14.0. The minimum absolute atomic E-state index is 0.0699. The molecule has 3 nitrogen and oxygen atoms in total. The summed E-state index contributed by atoms with van der Waals surface area (Å²) < 4.78 is 16.0. The molecule has 1 aliphatic rings. The average Bonchev–Trinajstić information content (AvgIpc) is 2.94. The largest absolute Gasteiger partial charge is 0.369 e. The van der Waals surface area contributed by atoms with E-state index < -0.39 is 0 Å². The monoisotopic (exact) mass is 417 g/mol. The van der Waals surface area contributed by atoms with Crippen LogP contribution in [0.4, 0.5) is 10.1 Å². The number of guanidine groups is 1. The summed E-state index contributed by atoms with van der Waals surface area (Å²) >= 11 is 8.55. The maximum atomic E-state index is 14.0. The van der Waals surface area contributed by atoms with Crippen molar-refractivity contribution in [2.24, 2.45) is 10.7 Å². The Labute approximate surface area is 136 Å². The van der Waals surface area contributed by atoms with Crippen LogP contribution in [0.1, 0.15) is 10.9 Å². The van der Waals surface area contributed by atoms with E-state index in [1.807, 2.05) is 6.07 Å². The van der Waals surface area contributed by atoms with Gasteiger partial charge in [-0.15, -0.1) is 11.3 Å². The van der Waals surface area contributed by atoms with E-state index in [2.05, 4.69) is 36.9 Å². The molecule has 0 saturated carbocycles. The quantitative estimate of drug-likeness (QED) is 0.790. The molecule has 1 aromatic carbocycles. The standard InChI is InChI=1S/C13H10Br2FN3S/c14-7-5-11(20-12(7)15)10-6-18-13(17)19(10)9-4-2-1-3-8(9)16/h1-5,10H,6H2,(H2,17,18). The first-order valence-corrected chi connectivity index (χ1v) is 8.26. The van der Waals surface area contributed by atoms with Crippen LogP contribution in [-0.4, -0.2) is 12.5 Å².